The van der Waals surface area contributed by atoms with Crippen LogP contribution in [0.2, 0.25) is 0 Å². The number of thiophene rings is 1. The molecule has 0 aromatic carbocycles. The number of hydrogen-bond donors (Lipinski definition) is 2. The molecule has 0 radical (unpaired) electrons. The van der Waals surface area contributed by atoms with E-state index in [1.807, 2.05) is 23.0 Å². The third-order valence-corrected chi connectivity index (χ3v) is 2.17. The maximum Gasteiger partial charge on any atom is 0.332 e. The molecular formula is C8H9NO4S. The number of hydroxylamine groups is 1. The van der Waals surface area contributed by atoms with Gasteiger partial charge in [-0.2, -0.15) is 0 Å². The molecule has 76 valence electrons. The summed E-state index contributed by atoms with van der Waals surface area (Å²) in [5.74, 6) is -1.48. The normalized spacial score (nSPS) is 9.71. The van der Waals surface area contributed by atoms with Gasteiger partial charge in [-0.05, 0) is 11.4 Å². The van der Waals surface area contributed by atoms with Crippen molar-refractivity contribution in [2.75, 3.05) is 6.61 Å². The number of carbonyl (C=O) groups excluding carboxylic acids is 1. The van der Waals surface area contributed by atoms with E-state index in [0.29, 0.717) is 0 Å². The van der Waals surface area contributed by atoms with Gasteiger partial charge >= 0.3 is 5.97 Å². The van der Waals surface area contributed by atoms with Crippen LogP contribution in [0.3, 0.4) is 0 Å². The van der Waals surface area contributed by atoms with Gasteiger partial charge in [-0.3, -0.25) is 9.63 Å². The Balaban J connectivity index is 2.20. The Bertz CT molecular complexity index is 309. The quantitative estimate of drug-likeness (QED) is 0.698. The van der Waals surface area contributed by atoms with Crippen molar-refractivity contribution in [2.24, 2.45) is 0 Å². The summed E-state index contributed by atoms with van der Waals surface area (Å²) in [6, 6.07) is 3.66. The highest BCUT2D eigenvalue weighted by Crippen LogP contribution is 2.08. The number of amides is 1. The zero-order valence-electron chi connectivity index (χ0n) is 7.23. The van der Waals surface area contributed by atoms with Gasteiger partial charge in [0.25, 0.3) is 0 Å². The van der Waals surface area contributed by atoms with E-state index >= 15 is 0 Å². The molecule has 2 N–H and O–H groups in total. The van der Waals surface area contributed by atoms with E-state index in [4.69, 9.17) is 5.11 Å². The van der Waals surface area contributed by atoms with Gasteiger partial charge in [0, 0.05) is 4.88 Å². The topological polar surface area (TPSA) is 75.6 Å². The van der Waals surface area contributed by atoms with Crippen LogP contribution in [0.25, 0.3) is 0 Å². The Morgan fingerprint density at radius 1 is 1.57 bits per heavy atom. The summed E-state index contributed by atoms with van der Waals surface area (Å²) in [4.78, 5) is 26.4. The number of rotatable bonds is 5. The van der Waals surface area contributed by atoms with Crippen molar-refractivity contribution in [3.05, 3.63) is 22.4 Å². The lowest BCUT2D eigenvalue weighted by Crippen LogP contribution is -2.27. The Morgan fingerprint density at radius 3 is 2.93 bits per heavy atom. The Hall–Kier alpha value is -1.40. The van der Waals surface area contributed by atoms with Crippen LogP contribution in [0, 0.1) is 0 Å². The second-order valence-electron chi connectivity index (χ2n) is 2.46. The molecule has 0 aliphatic carbocycles. The molecule has 1 amide bonds. The molecule has 0 bridgehead atoms. The SMILES string of the molecule is O=C(O)CONC(=O)Cc1cccs1. The summed E-state index contributed by atoms with van der Waals surface area (Å²) < 4.78 is 0. The summed E-state index contributed by atoms with van der Waals surface area (Å²) in [5.41, 5.74) is 2.04. The highest BCUT2D eigenvalue weighted by molar-refractivity contribution is 7.10. The van der Waals surface area contributed by atoms with Crippen molar-refractivity contribution < 1.29 is 19.5 Å². The number of carboxylic acid groups (broad SMARTS) is 1. The third-order valence-electron chi connectivity index (χ3n) is 1.30. The number of nitrogens with one attached hydrogen (secondary N) is 1. The lowest BCUT2D eigenvalue weighted by Gasteiger charge is -2.01. The molecule has 6 heteroatoms. The average Bonchev–Trinajstić information content (AvgIpc) is 2.56. The van der Waals surface area contributed by atoms with Crippen LogP contribution in [0.15, 0.2) is 17.5 Å². The zero-order chi connectivity index (χ0) is 10.4. The van der Waals surface area contributed by atoms with Crippen LogP contribution < -0.4 is 5.48 Å². The van der Waals surface area contributed by atoms with Crippen LogP contribution in [0.4, 0.5) is 0 Å². The van der Waals surface area contributed by atoms with Crippen molar-refractivity contribution in [1.82, 2.24) is 5.48 Å². The first kappa shape index (κ1) is 10.7. The molecule has 0 unspecified atom stereocenters. The summed E-state index contributed by atoms with van der Waals surface area (Å²) >= 11 is 1.46. The minimum Gasteiger partial charge on any atom is -0.479 e. The van der Waals surface area contributed by atoms with Crippen LogP contribution in [-0.2, 0) is 20.8 Å². The van der Waals surface area contributed by atoms with E-state index in [1.165, 1.54) is 11.3 Å². The third kappa shape index (κ3) is 4.01. The van der Waals surface area contributed by atoms with E-state index in [1.54, 1.807) is 0 Å². The van der Waals surface area contributed by atoms with Crippen LogP contribution in [0.5, 0.6) is 0 Å². The Labute approximate surface area is 84.3 Å². The van der Waals surface area contributed by atoms with Gasteiger partial charge in [-0.15, -0.1) is 11.3 Å². The van der Waals surface area contributed by atoms with Gasteiger partial charge in [0.1, 0.15) is 0 Å². The predicted molar refractivity (Wildman–Crippen MR) is 49.8 cm³/mol. The molecule has 0 saturated heterocycles. The molecule has 0 spiro atoms. The largest absolute Gasteiger partial charge is 0.479 e. The minimum absolute atomic E-state index is 0.206. The van der Waals surface area contributed by atoms with Crippen molar-refractivity contribution in [2.45, 2.75) is 6.42 Å². The molecular weight excluding hydrogens is 206 g/mol. The molecule has 0 aliphatic rings. The molecule has 1 aromatic rings. The van der Waals surface area contributed by atoms with Gasteiger partial charge in [0.05, 0.1) is 6.42 Å². The molecule has 0 aliphatic heterocycles. The second-order valence-corrected chi connectivity index (χ2v) is 3.50. The van der Waals surface area contributed by atoms with Crippen LogP contribution in [0.1, 0.15) is 4.88 Å². The standard InChI is InChI=1S/C8H9NO4S/c10-7(9-13-5-8(11)12)4-6-2-1-3-14-6/h1-3H,4-5H2,(H,9,10)(H,11,12). The fraction of sp³-hybridized carbons (Fsp3) is 0.250. The van der Waals surface area contributed by atoms with E-state index < -0.39 is 12.6 Å². The monoisotopic (exact) mass is 215 g/mol. The molecule has 0 atom stereocenters. The van der Waals surface area contributed by atoms with Crippen molar-refractivity contribution in [1.29, 1.82) is 0 Å². The molecule has 0 saturated carbocycles. The summed E-state index contributed by atoms with van der Waals surface area (Å²) in [7, 11) is 0. The van der Waals surface area contributed by atoms with Crippen molar-refractivity contribution >= 4 is 23.2 Å². The summed E-state index contributed by atoms with van der Waals surface area (Å²) in [6.07, 6.45) is 0.206. The van der Waals surface area contributed by atoms with E-state index in [0.717, 1.165) is 4.88 Å². The molecule has 1 aromatic heterocycles. The lowest BCUT2D eigenvalue weighted by atomic mass is 10.3. The van der Waals surface area contributed by atoms with Gasteiger partial charge in [-0.25, -0.2) is 10.3 Å². The van der Waals surface area contributed by atoms with Gasteiger partial charge in [0.15, 0.2) is 6.61 Å². The Morgan fingerprint density at radius 2 is 2.36 bits per heavy atom. The average molecular weight is 215 g/mol. The smallest absolute Gasteiger partial charge is 0.332 e. The van der Waals surface area contributed by atoms with Crippen molar-refractivity contribution in [3.63, 3.8) is 0 Å². The van der Waals surface area contributed by atoms with Crippen LogP contribution in [-0.4, -0.2) is 23.6 Å². The second kappa shape index (κ2) is 5.36. The van der Waals surface area contributed by atoms with Crippen LogP contribution >= 0.6 is 11.3 Å². The number of aliphatic carboxylic acids is 1. The predicted octanol–water partition coefficient (Wildman–Crippen LogP) is 0.423. The minimum atomic E-state index is -1.12. The first-order valence-corrected chi connectivity index (χ1v) is 4.71. The van der Waals surface area contributed by atoms with Gasteiger partial charge < -0.3 is 5.11 Å². The van der Waals surface area contributed by atoms with Gasteiger partial charge in [-0.1, -0.05) is 6.07 Å². The van der Waals surface area contributed by atoms with Crippen molar-refractivity contribution in [3.8, 4) is 0 Å². The highest BCUT2D eigenvalue weighted by Gasteiger charge is 2.04. The molecule has 5 nitrogen and oxygen atoms in total. The molecule has 1 rings (SSSR count). The lowest BCUT2D eigenvalue weighted by molar-refractivity contribution is -0.149. The highest BCUT2D eigenvalue weighted by atomic mass is 32.1. The number of hydrogen-bond acceptors (Lipinski definition) is 4. The molecule has 1 heterocycles. The summed E-state index contributed by atoms with van der Waals surface area (Å²) in [5, 5.41) is 10.1. The molecule has 14 heavy (non-hydrogen) atoms. The first-order valence-electron chi connectivity index (χ1n) is 3.83. The number of carboxylic acids is 1. The van der Waals surface area contributed by atoms with Gasteiger partial charge in [0.2, 0.25) is 5.91 Å². The Kier molecular flexibility index (Phi) is 4.09. The maximum absolute atomic E-state index is 11.1. The van der Waals surface area contributed by atoms with E-state index in [-0.39, 0.29) is 12.3 Å². The zero-order valence-corrected chi connectivity index (χ0v) is 8.04. The first-order chi connectivity index (χ1) is 6.68. The molecule has 0 fully saturated rings. The fourth-order valence-corrected chi connectivity index (χ4v) is 1.49. The fourth-order valence-electron chi connectivity index (χ4n) is 0.786. The summed E-state index contributed by atoms with van der Waals surface area (Å²) in [6.45, 7) is -0.532. The maximum atomic E-state index is 11.1. The van der Waals surface area contributed by atoms with E-state index in [2.05, 4.69) is 4.84 Å². The van der Waals surface area contributed by atoms with E-state index in [9.17, 15) is 9.59 Å². The number of carbonyl (C=O) groups is 2.